The molecule has 2 N–H and O–H groups in total. The molecule has 0 aliphatic rings. The summed E-state index contributed by atoms with van der Waals surface area (Å²) in [5.41, 5.74) is 0.0627. The van der Waals surface area contributed by atoms with Gasteiger partial charge in [-0.3, -0.25) is 4.79 Å². The zero-order valence-electron chi connectivity index (χ0n) is 7.79. The number of carboxylic acids is 1. The van der Waals surface area contributed by atoms with E-state index in [0.29, 0.717) is 6.42 Å². The van der Waals surface area contributed by atoms with Gasteiger partial charge >= 0.3 is 5.97 Å². The molecule has 12 heavy (non-hydrogen) atoms. The van der Waals surface area contributed by atoms with Crippen molar-refractivity contribution < 1.29 is 15.0 Å². The zero-order chi connectivity index (χ0) is 9.78. The van der Waals surface area contributed by atoms with Crippen molar-refractivity contribution in [3.05, 3.63) is 11.6 Å². The first kappa shape index (κ1) is 11.2. The predicted molar refractivity (Wildman–Crippen MR) is 46.9 cm³/mol. The lowest BCUT2D eigenvalue weighted by molar-refractivity contribution is -0.136. The second-order valence-corrected chi connectivity index (χ2v) is 3.54. The van der Waals surface area contributed by atoms with Crippen molar-refractivity contribution in [2.24, 2.45) is 0 Å². The zero-order valence-corrected chi connectivity index (χ0v) is 7.79. The molecule has 0 unspecified atom stereocenters. The van der Waals surface area contributed by atoms with E-state index < -0.39 is 11.6 Å². The molecule has 0 spiro atoms. The number of carboxylic acid groups (broad SMARTS) is 1. The Kier molecular flexibility index (Phi) is 3.96. The van der Waals surface area contributed by atoms with Gasteiger partial charge in [0.1, 0.15) is 0 Å². The molecule has 0 saturated carbocycles. The monoisotopic (exact) mass is 172 g/mol. The highest BCUT2D eigenvalue weighted by molar-refractivity contribution is 5.67. The summed E-state index contributed by atoms with van der Waals surface area (Å²) in [5.74, 6) is -0.807. The molecule has 0 saturated heterocycles. The third kappa shape index (κ3) is 7.28. The Morgan fingerprint density at radius 1 is 1.42 bits per heavy atom. The van der Waals surface area contributed by atoms with E-state index in [9.17, 15) is 9.90 Å². The molecule has 0 radical (unpaired) electrons. The quantitative estimate of drug-likeness (QED) is 0.633. The molecule has 0 fully saturated rings. The summed E-state index contributed by atoms with van der Waals surface area (Å²) in [5, 5.41) is 17.7. The minimum atomic E-state index is -0.845. The molecule has 3 heteroatoms. The lowest BCUT2D eigenvalue weighted by Crippen LogP contribution is -2.14. The van der Waals surface area contributed by atoms with Gasteiger partial charge in [0.25, 0.3) is 0 Å². The van der Waals surface area contributed by atoms with Crippen molar-refractivity contribution in [2.45, 2.75) is 39.2 Å². The van der Waals surface area contributed by atoms with E-state index in [1.54, 1.807) is 19.9 Å². The lowest BCUT2D eigenvalue weighted by atomic mass is 10.0. The van der Waals surface area contributed by atoms with Crippen molar-refractivity contribution in [3.63, 3.8) is 0 Å². The molecule has 0 heterocycles. The number of hydrogen-bond acceptors (Lipinski definition) is 2. The number of carbonyl (C=O) groups is 1. The molecule has 0 aliphatic heterocycles. The Morgan fingerprint density at radius 3 is 2.25 bits per heavy atom. The molecule has 0 atom stereocenters. The van der Waals surface area contributed by atoms with E-state index in [2.05, 4.69) is 0 Å². The molecule has 0 aliphatic carbocycles. The molecule has 0 aromatic carbocycles. The van der Waals surface area contributed by atoms with Crippen molar-refractivity contribution in [1.29, 1.82) is 0 Å². The average molecular weight is 172 g/mol. The summed E-state index contributed by atoms with van der Waals surface area (Å²) >= 11 is 0. The summed E-state index contributed by atoms with van der Waals surface area (Å²) < 4.78 is 0. The molecule has 3 nitrogen and oxygen atoms in total. The highest BCUT2D eigenvalue weighted by atomic mass is 16.4. The fraction of sp³-hybridized carbons (Fsp3) is 0.667. The van der Waals surface area contributed by atoms with Crippen LogP contribution in [0.25, 0.3) is 0 Å². The number of hydrogen-bond donors (Lipinski definition) is 2. The third-order valence-electron chi connectivity index (χ3n) is 1.33. The van der Waals surface area contributed by atoms with Gasteiger partial charge in [-0.25, -0.2) is 0 Å². The molecular formula is C9H16O3. The highest BCUT2D eigenvalue weighted by Gasteiger charge is 2.08. The SMILES string of the molecule is C/C(=C\C(C)(C)O)CCC(=O)O. The van der Waals surface area contributed by atoms with Crippen molar-refractivity contribution in [2.75, 3.05) is 0 Å². The number of aliphatic carboxylic acids is 1. The third-order valence-corrected chi connectivity index (χ3v) is 1.33. The molecule has 0 bridgehead atoms. The van der Waals surface area contributed by atoms with Crippen LogP contribution in [0.4, 0.5) is 0 Å². The van der Waals surface area contributed by atoms with E-state index in [-0.39, 0.29) is 6.42 Å². The minimum absolute atomic E-state index is 0.123. The van der Waals surface area contributed by atoms with Gasteiger partial charge in [0.2, 0.25) is 0 Å². The van der Waals surface area contributed by atoms with Gasteiger partial charge in [-0.15, -0.1) is 0 Å². The van der Waals surface area contributed by atoms with Crippen LogP contribution in [0.3, 0.4) is 0 Å². The van der Waals surface area contributed by atoms with Crippen LogP contribution in [0.2, 0.25) is 0 Å². The highest BCUT2D eigenvalue weighted by Crippen LogP contribution is 2.11. The first-order valence-corrected chi connectivity index (χ1v) is 3.94. The Balaban J connectivity index is 3.95. The molecule has 0 aromatic heterocycles. The Hall–Kier alpha value is -0.830. The van der Waals surface area contributed by atoms with Gasteiger partial charge in [0.15, 0.2) is 0 Å². The Morgan fingerprint density at radius 2 is 1.92 bits per heavy atom. The first-order chi connectivity index (χ1) is 5.31. The van der Waals surface area contributed by atoms with Crippen LogP contribution in [0.5, 0.6) is 0 Å². The number of rotatable bonds is 4. The van der Waals surface area contributed by atoms with Crippen molar-refractivity contribution in [3.8, 4) is 0 Å². The molecule has 70 valence electrons. The standard InChI is InChI=1S/C9H16O3/c1-7(4-5-8(10)11)6-9(2,3)12/h6,12H,4-5H2,1-3H3,(H,10,11)/b7-6+. The molecular weight excluding hydrogens is 156 g/mol. The minimum Gasteiger partial charge on any atom is -0.481 e. The Bertz CT molecular complexity index is 186. The van der Waals surface area contributed by atoms with Crippen LogP contribution in [0, 0.1) is 0 Å². The second kappa shape index (κ2) is 4.26. The smallest absolute Gasteiger partial charge is 0.303 e. The van der Waals surface area contributed by atoms with E-state index in [4.69, 9.17) is 5.11 Å². The van der Waals surface area contributed by atoms with Gasteiger partial charge in [-0.1, -0.05) is 11.6 Å². The predicted octanol–water partition coefficient (Wildman–Crippen LogP) is 1.57. The van der Waals surface area contributed by atoms with Crippen molar-refractivity contribution in [1.82, 2.24) is 0 Å². The summed E-state index contributed by atoms with van der Waals surface area (Å²) in [6.45, 7) is 5.15. The van der Waals surface area contributed by atoms with Gasteiger partial charge in [-0.05, 0) is 27.2 Å². The topological polar surface area (TPSA) is 57.5 Å². The normalized spacial score (nSPS) is 13.2. The fourth-order valence-electron chi connectivity index (χ4n) is 0.979. The Labute approximate surface area is 72.7 Å². The van der Waals surface area contributed by atoms with Crippen LogP contribution in [-0.4, -0.2) is 21.8 Å². The molecule has 0 aromatic rings. The molecule has 0 rings (SSSR count). The van der Waals surface area contributed by atoms with Gasteiger partial charge in [0, 0.05) is 6.42 Å². The van der Waals surface area contributed by atoms with Gasteiger partial charge in [0.05, 0.1) is 5.60 Å². The van der Waals surface area contributed by atoms with E-state index in [0.717, 1.165) is 5.57 Å². The van der Waals surface area contributed by atoms with Crippen LogP contribution in [0.1, 0.15) is 33.6 Å². The van der Waals surface area contributed by atoms with E-state index in [1.807, 2.05) is 6.92 Å². The van der Waals surface area contributed by atoms with E-state index >= 15 is 0 Å². The second-order valence-electron chi connectivity index (χ2n) is 3.54. The van der Waals surface area contributed by atoms with Crippen LogP contribution in [-0.2, 0) is 4.79 Å². The maximum absolute atomic E-state index is 10.2. The summed E-state index contributed by atoms with van der Waals surface area (Å²) in [6.07, 6.45) is 2.30. The van der Waals surface area contributed by atoms with E-state index in [1.165, 1.54) is 0 Å². The fourth-order valence-corrected chi connectivity index (χ4v) is 0.979. The first-order valence-electron chi connectivity index (χ1n) is 3.94. The van der Waals surface area contributed by atoms with Crippen molar-refractivity contribution >= 4 is 5.97 Å². The molecule has 0 amide bonds. The van der Waals surface area contributed by atoms with Gasteiger partial charge < -0.3 is 10.2 Å². The summed E-state index contributed by atoms with van der Waals surface area (Å²) in [4.78, 5) is 10.2. The number of aliphatic hydroxyl groups is 1. The number of allylic oxidation sites excluding steroid dienone is 1. The largest absolute Gasteiger partial charge is 0.481 e. The maximum atomic E-state index is 10.2. The average Bonchev–Trinajstić information content (AvgIpc) is 1.79. The van der Waals surface area contributed by atoms with Crippen LogP contribution in [0.15, 0.2) is 11.6 Å². The summed E-state index contributed by atoms with van der Waals surface area (Å²) in [7, 11) is 0. The van der Waals surface area contributed by atoms with Crippen LogP contribution < -0.4 is 0 Å². The maximum Gasteiger partial charge on any atom is 0.303 e. The van der Waals surface area contributed by atoms with Crippen LogP contribution >= 0.6 is 0 Å². The summed E-state index contributed by atoms with van der Waals surface area (Å²) in [6, 6.07) is 0. The van der Waals surface area contributed by atoms with Gasteiger partial charge in [-0.2, -0.15) is 0 Å². The lowest BCUT2D eigenvalue weighted by Gasteiger charge is -2.12.